The molecule has 6 heteroatoms. The van der Waals surface area contributed by atoms with E-state index in [-0.39, 0.29) is 23.7 Å². The molecule has 1 N–H and O–H groups in total. The van der Waals surface area contributed by atoms with Gasteiger partial charge < -0.3 is 19.5 Å². The van der Waals surface area contributed by atoms with Gasteiger partial charge in [0.2, 0.25) is 0 Å². The molecule has 0 aliphatic carbocycles. The average molecular weight is 387 g/mol. The first-order chi connectivity index (χ1) is 12.9. The van der Waals surface area contributed by atoms with Crippen molar-refractivity contribution in [2.45, 2.75) is 71.6 Å². The Morgan fingerprint density at radius 2 is 2.00 bits per heavy atom. The van der Waals surface area contributed by atoms with E-state index in [4.69, 9.17) is 9.47 Å². The minimum Gasteiger partial charge on any atom is -0.507 e. The highest BCUT2D eigenvalue weighted by Crippen LogP contribution is 2.46. The Morgan fingerprint density at radius 1 is 1.32 bits per heavy atom. The van der Waals surface area contributed by atoms with Crippen molar-refractivity contribution in [1.82, 2.24) is 4.90 Å². The Hall–Kier alpha value is -2.50. The lowest BCUT2D eigenvalue weighted by atomic mass is 9.76. The van der Waals surface area contributed by atoms with E-state index < -0.39 is 11.2 Å². The third-order valence-electron chi connectivity index (χ3n) is 5.28. The number of benzene rings is 1. The minimum atomic E-state index is -0.950. The van der Waals surface area contributed by atoms with E-state index in [0.717, 1.165) is 5.56 Å². The number of nitrogens with zero attached hydrogens (tertiary/aromatic N) is 1. The first kappa shape index (κ1) is 20.2. The van der Waals surface area contributed by atoms with Gasteiger partial charge in [-0.3, -0.25) is 4.79 Å². The van der Waals surface area contributed by atoms with Crippen LogP contribution in [0.2, 0.25) is 0 Å². The second kappa shape index (κ2) is 6.83. The van der Waals surface area contributed by atoms with Crippen LogP contribution in [0.3, 0.4) is 0 Å². The maximum absolute atomic E-state index is 12.6. The molecule has 28 heavy (non-hydrogen) atoms. The molecule has 1 spiro atoms. The molecular formula is C22H29NO5. The number of aliphatic hydroxyl groups is 1. The van der Waals surface area contributed by atoms with Crippen LogP contribution in [0.25, 0.3) is 5.76 Å². The van der Waals surface area contributed by atoms with Gasteiger partial charge in [-0.15, -0.1) is 0 Å². The molecular weight excluding hydrogens is 358 g/mol. The molecule has 0 unspecified atom stereocenters. The zero-order valence-corrected chi connectivity index (χ0v) is 17.5. The lowest BCUT2D eigenvalue weighted by Gasteiger charge is -2.47. The molecule has 1 fully saturated rings. The summed E-state index contributed by atoms with van der Waals surface area (Å²) in [5.41, 5.74) is 0.302. The monoisotopic (exact) mass is 387 g/mol. The van der Waals surface area contributed by atoms with Crippen molar-refractivity contribution in [2.75, 3.05) is 6.54 Å². The Kier molecular flexibility index (Phi) is 4.94. The van der Waals surface area contributed by atoms with Gasteiger partial charge >= 0.3 is 6.09 Å². The predicted molar refractivity (Wildman–Crippen MR) is 106 cm³/mol. The average Bonchev–Trinajstić information content (AvgIpc) is 2.52. The van der Waals surface area contributed by atoms with E-state index >= 15 is 0 Å². The molecule has 1 aromatic carbocycles. The second-order valence-corrected chi connectivity index (χ2v) is 8.85. The van der Waals surface area contributed by atoms with Gasteiger partial charge in [0.1, 0.15) is 22.7 Å². The van der Waals surface area contributed by atoms with Gasteiger partial charge in [0.25, 0.3) is 0 Å². The SMILES string of the molecule is CC(=O)C1=C(O)c2ccc(C)cc2O[C@@]12CCN(C(=O)OC(C)(C)C)[C@@H](C)C2. The fourth-order valence-electron chi connectivity index (χ4n) is 4.13. The van der Waals surface area contributed by atoms with E-state index in [2.05, 4.69) is 0 Å². The van der Waals surface area contributed by atoms with Gasteiger partial charge in [0, 0.05) is 25.4 Å². The molecule has 1 amide bonds. The molecule has 2 atom stereocenters. The number of fused-ring (bicyclic) bond motifs is 1. The van der Waals surface area contributed by atoms with Gasteiger partial charge in [-0.1, -0.05) is 6.07 Å². The topological polar surface area (TPSA) is 76.1 Å². The number of rotatable bonds is 1. The molecule has 0 aromatic heterocycles. The molecule has 2 aliphatic rings. The van der Waals surface area contributed by atoms with Crippen molar-refractivity contribution in [3.63, 3.8) is 0 Å². The lowest BCUT2D eigenvalue weighted by Crippen LogP contribution is -2.57. The quantitative estimate of drug-likeness (QED) is 0.773. The maximum Gasteiger partial charge on any atom is 0.410 e. The molecule has 152 valence electrons. The normalized spacial score (nSPS) is 24.6. The van der Waals surface area contributed by atoms with E-state index in [1.165, 1.54) is 6.92 Å². The summed E-state index contributed by atoms with van der Waals surface area (Å²) in [6, 6.07) is 5.31. The van der Waals surface area contributed by atoms with Crippen molar-refractivity contribution < 1.29 is 24.2 Å². The largest absolute Gasteiger partial charge is 0.507 e. The molecule has 2 heterocycles. The summed E-state index contributed by atoms with van der Waals surface area (Å²) in [6.45, 7) is 11.2. The van der Waals surface area contributed by atoms with E-state index in [1.807, 2.05) is 46.8 Å². The highest BCUT2D eigenvalue weighted by atomic mass is 16.6. The summed E-state index contributed by atoms with van der Waals surface area (Å²) in [5, 5.41) is 10.9. The number of aliphatic hydroxyl groups excluding tert-OH is 1. The summed E-state index contributed by atoms with van der Waals surface area (Å²) in [4.78, 5) is 26.7. The third kappa shape index (κ3) is 3.60. The molecule has 0 bridgehead atoms. The van der Waals surface area contributed by atoms with Crippen molar-refractivity contribution >= 4 is 17.6 Å². The van der Waals surface area contributed by atoms with Crippen molar-refractivity contribution in [1.29, 1.82) is 0 Å². The van der Waals surface area contributed by atoms with Gasteiger partial charge in [0.15, 0.2) is 5.78 Å². The third-order valence-corrected chi connectivity index (χ3v) is 5.28. The molecule has 3 rings (SSSR count). The molecule has 2 aliphatic heterocycles. The number of ether oxygens (including phenoxy) is 2. The number of aryl methyl sites for hydroxylation is 1. The number of carbonyl (C=O) groups is 2. The fraction of sp³-hybridized carbons (Fsp3) is 0.545. The summed E-state index contributed by atoms with van der Waals surface area (Å²) < 4.78 is 11.9. The van der Waals surface area contributed by atoms with Gasteiger partial charge in [0.05, 0.1) is 11.1 Å². The van der Waals surface area contributed by atoms with Crippen LogP contribution in [-0.4, -0.2) is 45.7 Å². The summed E-state index contributed by atoms with van der Waals surface area (Å²) in [7, 11) is 0. The van der Waals surface area contributed by atoms with E-state index in [0.29, 0.717) is 36.3 Å². The molecule has 0 radical (unpaired) electrons. The smallest absolute Gasteiger partial charge is 0.410 e. The van der Waals surface area contributed by atoms with Gasteiger partial charge in [-0.25, -0.2) is 4.79 Å². The van der Waals surface area contributed by atoms with Crippen LogP contribution in [-0.2, 0) is 9.53 Å². The number of piperidine rings is 1. The van der Waals surface area contributed by atoms with Crippen LogP contribution >= 0.6 is 0 Å². The van der Waals surface area contributed by atoms with Gasteiger partial charge in [-0.2, -0.15) is 0 Å². The Labute approximate surface area is 166 Å². The number of carbonyl (C=O) groups excluding carboxylic acids is 2. The Balaban J connectivity index is 1.95. The minimum absolute atomic E-state index is 0.0216. The van der Waals surface area contributed by atoms with Crippen molar-refractivity contribution in [3.05, 3.63) is 34.9 Å². The summed E-state index contributed by atoms with van der Waals surface area (Å²) in [5.74, 6) is 0.328. The maximum atomic E-state index is 12.6. The fourth-order valence-corrected chi connectivity index (χ4v) is 4.13. The Morgan fingerprint density at radius 3 is 2.57 bits per heavy atom. The molecule has 6 nitrogen and oxygen atoms in total. The standard InChI is InChI=1S/C22H29NO5/c1-13-7-8-16-17(11-13)27-22(18(15(3)24)19(16)25)9-10-23(14(2)12-22)20(26)28-21(4,5)6/h7-8,11,14,25H,9-10,12H2,1-6H3/t14-,22+/m0/s1. The number of hydrogen-bond donors (Lipinski definition) is 1. The molecule has 1 saturated heterocycles. The van der Waals surface area contributed by atoms with E-state index in [9.17, 15) is 14.7 Å². The van der Waals surface area contributed by atoms with Crippen LogP contribution in [0.1, 0.15) is 58.6 Å². The highest BCUT2D eigenvalue weighted by Gasteiger charge is 2.50. The zero-order valence-electron chi connectivity index (χ0n) is 17.5. The number of hydrogen-bond acceptors (Lipinski definition) is 5. The van der Waals surface area contributed by atoms with Gasteiger partial charge in [-0.05, 0) is 59.2 Å². The summed E-state index contributed by atoms with van der Waals surface area (Å²) in [6.07, 6.45) is 0.432. The first-order valence-electron chi connectivity index (χ1n) is 9.68. The van der Waals surface area contributed by atoms with Crippen LogP contribution in [0.15, 0.2) is 23.8 Å². The van der Waals surface area contributed by atoms with E-state index in [1.54, 1.807) is 11.0 Å². The number of amides is 1. The second-order valence-electron chi connectivity index (χ2n) is 8.85. The first-order valence-corrected chi connectivity index (χ1v) is 9.68. The van der Waals surface area contributed by atoms with Crippen LogP contribution in [0.4, 0.5) is 4.79 Å². The number of ketones is 1. The van der Waals surface area contributed by atoms with Crippen molar-refractivity contribution in [2.24, 2.45) is 0 Å². The Bertz CT molecular complexity index is 851. The predicted octanol–water partition coefficient (Wildman–Crippen LogP) is 4.40. The van der Waals surface area contributed by atoms with Crippen LogP contribution in [0, 0.1) is 6.92 Å². The number of Topliss-reactive ketones (excluding diaryl/α,β-unsaturated/α-hetero) is 1. The number of likely N-dealkylation sites (tertiary alicyclic amines) is 1. The zero-order chi connectivity index (χ0) is 20.9. The summed E-state index contributed by atoms with van der Waals surface area (Å²) >= 11 is 0. The van der Waals surface area contributed by atoms with Crippen molar-refractivity contribution in [3.8, 4) is 5.75 Å². The molecule has 1 aromatic rings. The molecule has 0 saturated carbocycles. The van der Waals surface area contributed by atoms with Crippen LogP contribution in [0.5, 0.6) is 5.75 Å². The van der Waals surface area contributed by atoms with Crippen LogP contribution < -0.4 is 4.74 Å². The highest BCUT2D eigenvalue weighted by molar-refractivity contribution is 6.03. The lowest BCUT2D eigenvalue weighted by molar-refractivity contribution is -0.116.